The zero-order valence-electron chi connectivity index (χ0n) is 12.4. The molecule has 4 N–H and O–H groups in total. The predicted octanol–water partition coefficient (Wildman–Crippen LogP) is -0.536. The molecule has 0 aliphatic rings. The van der Waals surface area contributed by atoms with Gasteiger partial charge in [-0.3, -0.25) is 0 Å². The second kappa shape index (κ2) is 8.74. The summed E-state index contributed by atoms with van der Waals surface area (Å²) in [6, 6.07) is 13.0. The molecule has 0 aromatic heterocycles. The van der Waals surface area contributed by atoms with Gasteiger partial charge in [0, 0.05) is 0 Å². The van der Waals surface area contributed by atoms with E-state index in [2.05, 4.69) is 4.85 Å². The first kappa shape index (κ1) is 18.4. The Morgan fingerprint density at radius 1 is 1.04 bits per heavy atom. The highest BCUT2D eigenvalue weighted by atomic mass is 16.4. The van der Waals surface area contributed by atoms with E-state index in [1.54, 1.807) is 36.4 Å². The summed E-state index contributed by atoms with van der Waals surface area (Å²) in [5.74, 6) is 0. The standard InChI is InChI=1S/C8H8BNO2.C7H6BNO2/c1-6-3-4-8(10-2)7(5-6)9(11)12;9-5-6-2-1-3-7(4-6)8(10)11/h3-5,11-12H,1H3;1-4,10-11H. The van der Waals surface area contributed by atoms with Gasteiger partial charge in [-0.2, -0.15) is 5.26 Å². The van der Waals surface area contributed by atoms with E-state index in [-0.39, 0.29) is 11.2 Å². The molecule has 0 spiro atoms. The maximum absolute atomic E-state index is 8.87. The van der Waals surface area contributed by atoms with Crippen molar-refractivity contribution in [1.29, 1.82) is 5.26 Å². The minimum Gasteiger partial charge on any atom is -0.424 e. The first-order chi connectivity index (χ1) is 10.9. The summed E-state index contributed by atoms with van der Waals surface area (Å²) >= 11 is 0. The Labute approximate surface area is 135 Å². The fraction of sp³-hybridized carbons (Fsp3) is 0.0667. The van der Waals surface area contributed by atoms with Gasteiger partial charge >= 0.3 is 14.2 Å². The molecule has 0 unspecified atom stereocenters. The fourth-order valence-electron chi connectivity index (χ4n) is 1.75. The minimum atomic E-state index is -1.56. The third-order valence-corrected chi connectivity index (χ3v) is 2.90. The van der Waals surface area contributed by atoms with Crippen molar-refractivity contribution in [3.8, 4) is 6.07 Å². The molecule has 2 aromatic carbocycles. The number of aryl methyl sites for hydroxylation is 1. The molecular weight excluding hydrogens is 294 g/mol. The lowest BCUT2D eigenvalue weighted by Crippen LogP contribution is -2.30. The molecule has 0 heterocycles. The smallest absolute Gasteiger partial charge is 0.424 e. The maximum Gasteiger partial charge on any atom is 0.488 e. The van der Waals surface area contributed by atoms with Gasteiger partial charge in [-0.1, -0.05) is 35.9 Å². The molecular formula is C15H14B2N2O4. The third kappa shape index (κ3) is 5.59. The van der Waals surface area contributed by atoms with Crippen molar-refractivity contribution in [2.45, 2.75) is 6.92 Å². The van der Waals surface area contributed by atoms with Gasteiger partial charge in [0.05, 0.1) is 18.2 Å². The van der Waals surface area contributed by atoms with Crippen molar-refractivity contribution in [1.82, 2.24) is 0 Å². The SMILES string of the molecule is N#Cc1cccc(B(O)O)c1.[C-]#[N+]c1ccc(C)cc1B(O)O. The van der Waals surface area contributed by atoms with Gasteiger partial charge in [0.15, 0.2) is 5.69 Å². The van der Waals surface area contributed by atoms with E-state index in [1.165, 1.54) is 6.07 Å². The first-order valence-corrected chi connectivity index (χ1v) is 6.59. The van der Waals surface area contributed by atoms with Crippen LogP contribution in [0.15, 0.2) is 42.5 Å². The number of hydrogen-bond donors (Lipinski definition) is 4. The van der Waals surface area contributed by atoms with Gasteiger partial charge in [0.1, 0.15) is 0 Å². The quantitative estimate of drug-likeness (QED) is 0.440. The highest BCUT2D eigenvalue weighted by molar-refractivity contribution is 6.60. The molecule has 114 valence electrons. The van der Waals surface area contributed by atoms with Gasteiger partial charge in [0.2, 0.25) is 0 Å². The van der Waals surface area contributed by atoms with Crippen LogP contribution >= 0.6 is 0 Å². The monoisotopic (exact) mass is 308 g/mol. The maximum atomic E-state index is 8.87. The molecule has 23 heavy (non-hydrogen) atoms. The van der Waals surface area contributed by atoms with Crippen LogP contribution in [0, 0.1) is 24.8 Å². The fourth-order valence-corrected chi connectivity index (χ4v) is 1.75. The number of nitriles is 1. The van der Waals surface area contributed by atoms with Gasteiger partial charge in [-0.15, -0.1) is 0 Å². The molecule has 0 radical (unpaired) electrons. The van der Waals surface area contributed by atoms with Crippen molar-refractivity contribution < 1.29 is 20.1 Å². The van der Waals surface area contributed by atoms with Crippen molar-refractivity contribution in [3.63, 3.8) is 0 Å². The third-order valence-electron chi connectivity index (χ3n) is 2.90. The molecule has 0 fully saturated rings. The van der Waals surface area contributed by atoms with E-state index in [0.717, 1.165) is 5.56 Å². The second-order valence-corrected chi connectivity index (χ2v) is 4.66. The van der Waals surface area contributed by atoms with E-state index in [9.17, 15) is 0 Å². The molecule has 0 saturated heterocycles. The summed E-state index contributed by atoms with van der Waals surface area (Å²) in [6.07, 6.45) is 0. The summed E-state index contributed by atoms with van der Waals surface area (Å²) in [5.41, 5.74) is 2.23. The lowest BCUT2D eigenvalue weighted by Gasteiger charge is -2.02. The Balaban J connectivity index is 0.000000231. The van der Waals surface area contributed by atoms with Crippen LogP contribution in [0.4, 0.5) is 5.69 Å². The van der Waals surface area contributed by atoms with Crippen molar-refractivity contribution in [2.24, 2.45) is 0 Å². The lowest BCUT2D eigenvalue weighted by molar-refractivity contribution is 0.424. The van der Waals surface area contributed by atoms with Crippen LogP contribution in [0.5, 0.6) is 0 Å². The summed E-state index contributed by atoms with van der Waals surface area (Å²) in [6.45, 7) is 8.58. The normalized spacial score (nSPS) is 9.00. The zero-order valence-corrected chi connectivity index (χ0v) is 12.4. The molecule has 2 aromatic rings. The summed E-state index contributed by atoms with van der Waals surface area (Å²) < 4.78 is 0. The first-order valence-electron chi connectivity index (χ1n) is 6.59. The Kier molecular flexibility index (Phi) is 7.01. The number of benzene rings is 2. The van der Waals surface area contributed by atoms with Crippen LogP contribution < -0.4 is 10.9 Å². The van der Waals surface area contributed by atoms with Crippen molar-refractivity contribution in [2.75, 3.05) is 0 Å². The number of rotatable bonds is 2. The van der Waals surface area contributed by atoms with E-state index in [4.69, 9.17) is 31.9 Å². The van der Waals surface area contributed by atoms with E-state index < -0.39 is 14.2 Å². The van der Waals surface area contributed by atoms with E-state index in [0.29, 0.717) is 11.0 Å². The van der Waals surface area contributed by atoms with Crippen LogP contribution in [-0.2, 0) is 0 Å². The van der Waals surface area contributed by atoms with Crippen LogP contribution in [0.25, 0.3) is 4.85 Å². The molecule has 0 bridgehead atoms. The van der Waals surface area contributed by atoms with Crippen LogP contribution in [-0.4, -0.2) is 34.3 Å². The highest BCUT2D eigenvalue weighted by Gasteiger charge is 2.15. The minimum absolute atomic E-state index is 0.269. The molecule has 8 heteroatoms. The number of nitrogens with zero attached hydrogens (tertiary/aromatic N) is 2. The number of hydrogen-bond acceptors (Lipinski definition) is 5. The van der Waals surface area contributed by atoms with Gasteiger partial charge < -0.3 is 20.1 Å². The summed E-state index contributed by atoms with van der Waals surface area (Å²) in [4.78, 5) is 3.16. The molecule has 0 saturated carbocycles. The average Bonchev–Trinajstić information content (AvgIpc) is 2.55. The van der Waals surface area contributed by atoms with Crippen molar-refractivity contribution >= 4 is 30.8 Å². The summed E-state index contributed by atoms with van der Waals surface area (Å²) in [5, 5.41) is 43.6. The van der Waals surface area contributed by atoms with Crippen LogP contribution in [0.2, 0.25) is 0 Å². The Bertz CT molecular complexity index is 752. The Hall–Kier alpha value is -2.61. The average molecular weight is 308 g/mol. The molecule has 0 amide bonds. The molecule has 0 atom stereocenters. The van der Waals surface area contributed by atoms with Crippen molar-refractivity contribution in [3.05, 3.63) is 65.0 Å². The highest BCUT2D eigenvalue weighted by Crippen LogP contribution is 2.10. The topological polar surface area (TPSA) is 109 Å². The molecule has 0 aliphatic carbocycles. The van der Waals surface area contributed by atoms with Gasteiger partial charge in [0.25, 0.3) is 0 Å². The lowest BCUT2D eigenvalue weighted by atomic mass is 9.78. The van der Waals surface area contributed by atoms with Gasteiger partial charge in [-0.25, -0.2) is 4.85 Å². The van der Waals surface area contributed by atoms with E-state index >= 15 is 0 Å². The molecule has 6 nitrogen and oxygen atoms in total. The Morgan fingerprint density at radius 3 is 2.26 bits per heavy atom. The van der Waals surface area contributed by atoms with Gasteiger partial charge in [-0.05, 0) is 30.0 Å². The predicted molar refractivity (Wildman–Crippen MR) is 88.2 cm³/mol. The molecule has 0 aliphatic heterocycles. The largest absolute Gasteiger partial charge is 0.488 e. The second-order valence-electron chi connectivity index (χ2n) is 4.66. The van der Waals surface area contributed by atoms with Crippen LogP contribution in [0.3, 0.4) is 0 Å². The Morgan fingerprint density at radius 2 is 1.74 bits per heavy atom. The van der Waals surface area contributed by atoms with Crippen LogP contribution in [0.1, 0.15) is 11.1 Å². The van der Waals surface area contributed by atoms with E-state index in [1.807, 2.05) is 13.0 Å². The zero-order chi connectivity index (χ0) is 17.4. The molecule has 2 rings (SSSR count). The summed E-state index contributed by atoms with van der Waals surface area (Å²) in [7, 11) is -3.06.